The number of ether oxygens (including phenoxy) is 2. The molecule has 2 aromatic rings. The molecule has 0 heterocycles. The van der Waals surface area contributed by atoms with E-state index in [9.17, 15) is 10.1 Å². The summed E-state index contributed by atoms with van der Waals surface area (Å²) in [7, 11) is 1.31. The number of nitro benzene ring substituents is 1. The van der Waals surface area contributed by atoms with Crippen LogP contribution in [0.2, 0.25) is 0 Å². The van der Waals surface area contributed by atoms with Gasteiger partial charge in [-0.25, -0.2) is 0 Å². The molecule has 7 heteroatoms. The molecule has 0 aliphatic carbocycles. The van der Waals surface area contributed by atoms with E-state index in [0.29, 0.717) is 17.6 Å². The molecule has 0 aliphatic rings. The van der Waals surface area contributed by atoms with Gasteiger partial charge in [0.15, 0.2) is 0 Å². The van der Waals surface area contributed by atoms with E-state index in [1.54, 1.807) is 6.92 Å². The van der Waals surface area contributed by atoms with Gasteiger partial charge in [0, 0.05) is 5.56 Å². The van der Waals surface area contributed by atoms with Crippen LogP contribution >= 0.6 is 0 Å². The lowest BCUT2D eigenvalue weighted by molar-refractivity contribution is -0.384. The predicted molar refractivity (Wildman–Crippen MR) is 119 cm³/mol. The zero-order chi connectivity index (χ0) is 23.2. The summed E-state index contributed by atoms with van der Waals surface area (Å²) >= 11 is 0. The first-order chi connectivity index (χ1) is 13.9. The van der Waals surface area contributed by atoms with Gasteiger partial charge in [-0.2, -0.15) is 0 Å². The van der Waals surface area contributed by atoms with E-state index in [-0.39, 0.29) is 23.1 Å². The van der Waals surface area contributed by atoms with Crippen LogP contribution in [0, 0.1) is 30.9 Å². The number of hydrogen-bond donors (Lipinski definition) is 1. The molecule has 0 bridgehead atoms. The fourth-order valence-corrected chi connectivity index (χ4v) is 3.46. The summed E-state index contributed by atoms with van der Waals surface area (Å²) in [5.41, 5.74) is 11.1. The van der Waals surface area contributed by atoms with Crippen LogP contribution < -0.4 is 5.73 Å². The molecular formula is C23H32N2O5. The Balaban J connectivity index is 0.00000103. The van der Waals surface area contributed by atoms with Crippen LogP contribution in [0.25, 0.3) is 11.1 Å². The molecule has 1 unspecified atom stereocenters. The maximum Gasteiger partial charge on any atom is 0.295 e. The number of nitro groups is 1. The first kappa shape index (κ1) is 25.1. The Kier molecular flexibility index (Phi) is 8.54. The molecule has 0 aliphatic heterocycles. The fourth-order valence-electron chi connectivity index (χ4n) is 3.46. The van der Waals surface area contributed by atoms with E-state index >= 15 is 0 Å². The number of anilines is 1. The van der Waals surface area contributed by atoms with Gasteiger partial charge in [0.1, 0.15) is 5.69 Å². The van der Waals surface area contributed by atoms with Gasteiger partial charge in [0.2, 0.25) is 0 Å². The minimum Gasteiger partial charge on any atom is -0.471 e. The Bertz CT molecular complexity index is 900. The smallest absolute Gasteiger partial charge is 0.295 e. The lowest BCUT2D eigenvalue weighted by Gasteiger charge is -2.29. The van der Waals surface area contributed by atoms with Crippen molar-refractivity contribution in [3.8, 4) is 11.1 Å². The van der Waals surface area contributed by atoms with Crippen molar-refractivity contribution in [2.45, 2.75) is 60.2 Å². The third-order valence-electron chi connectivity index (χ3n) is 4.62. The fraction of sp³-hybridized carbons (Fsp3) is 0.435. The molecule has 2 rings (SSSR count). The maximum absolute atomic E-state index is 11.6. The number of carbonyl (C=O) groups excluding carboxylic acids is 1. The van der Waals surface area contributed by atoms with Crippen LogP contribution in [0.3, 0.4) is 0 Å². The quantitative estimate of drug-likeness (QED) is 0.301. The number of nitrogen functional groups attached to an aromatic ring is 1. The van der Waals surface area contributed by atoms with E-state index in [1.165, 1.54) is 7.11 Å². The van der Waals surface area contributed by atoms with Crippen molar-refractivity contribution < 1.29 is 19.2 Å². The Labute approximate surface area is 178 Å². The molecule has 0 saturated carbocycles. The van der Waals surface area contributed by atoms with Crippen molar-refractivity contribution in [1.29, 1.82) is 0 Å². The molecule has 2 aromatic carbocycles. The number of rotatable bonds is 5. The zero-order valence-corrected chi connectivity index (χ0v) is 19.0. The number of hydrogen-bond acceptors (Lipinski definition) is 6. The Morgan fingerprint density at radius 3 is 2.00 bits per heavy atom. The summed E-state index contributed by atoms with van der Waals surface area (Å²) in [4.78, 5) is 20.2. The molecule has 1 atom stereocenters. The van der Waals surface area contributed by atoms with E-state index in [4.69, 9.17) is 15.3 Å². The molecule has 0 saturated heterocycles. The van der Waals surface area contributed by atoms with Gasteiger partial charge < -0.3 is 15.2 Å². The number of benzene rings is 2. The Morgan fingerprint density at radius 1 is 1.10 bits per heavy atom. The predicted octanol–water partition coefficient (Wildman–Crippen LogP) is 5.43. The van der Waals surface area contributed by atoms with Crippen LogP contribution in [-0.2, 0) is 14.3 Å². The van der Waals surface area contributed by atoms with Gasteiger partial charge >= 0.3 is 0 Å². The van der Waals surface area contributed by atoms with Crippen molar-refractivity contribution >= 4 is 17.8 Å². The van der Waals surface area contributed by atoms with Gasteiger partial charge in [-0.1, -0.05) is 29.8 Å². The molecule has 0 spiro atoms. The zero-order valence-electron chi connectivity index (χ0n) is 19.0. The molecule has 30 heavy (non-hydrogen) atoms. The number of nitrogens with zero attached hydrogens (tertiary/aromatic N) is 1. The van der Waals surface area contributed by atoms with E-state index in [1.807, 2.05) is 65.8 Å². The minimum atomic E-state index is -0.399. The van der Waals surface area contributed by atoms with Crippen LogP contribution in [0.15, 0.2) is 24.3 Å². The van der Waals surface area contributed by atoms with Gasteiger partial charge in [0.05, 0.1) is 23.7 Å². The highest BCUT2D eigenvalue weighted by Gasteiger charge is 2.30. The molecule has 0 aromatic heterocycles. The average Bonchev–Trinajstić information content (AvgIpc) is 2.63. The second-order valence-corrected chi connectivity index (χ2v) is 8.13. The van der Waals surface area contributed by atoms with Crippen molar-refractivity contribution in [2.24, 2.45) is 0 Å². The SMILES string of the molecule is COC=O.Cc1ccc(-c2c(C)c(N)c([N+](=O)[O-])c(C)c2C(C)OC(C)(C)C)cc1. The normalized spacial score (nSPS) is 11.9. The third-order valence-corrected chi connectivity index (χ3v) is 4.62. The van der Waals surface area contributed by atoms with Crippen molar-refractivity contribution in [3.05, 3.63) is 56.6 Å². The van der Waals surface area contributed by atoms with Gasteiger partial charge in [0.25, 0.3) is 12.2 Å². The van der Waals surface area contributed by atoms with Crippen molar-refractivity contribution in [3.63, 3.8) is 0 Å². The number of methoxy groups -OCH3 is 1. The summed E-state index contributed by atoms with van der Waals surface area (Å²) < 4.78 is 10.0. The second kappa shape index (κ2) is 10.2. The number of nitrogens with two attached hydrogens (primary N) is 1. The largest absolute Gasteiger partial charge is 0.471 e. The minimum absolute atomic E-state index is 0.0299. The molecular weight excluding hydrogens is 384 g/mol. The first-order valence-electron chi connectivity index (χ1n) is 9.63. The molecule has 164 valence electrons. The number of carbonyl (C=O) groups is 1. The maximum atomic E-state index is 11.6. The summed E-state index contributed by atoms with van der Waals surface area (Å²) in [6.45, 7) is 13.9. The molecule has 0 amide bonds. The van der Waals surface area contributed by atoms with Crippen molar-refractivity contribution in [2.75, 3.05) is 12.8 Å². The number of aryl methyl sites for hydroxylation is 1. The highest BCUT2D eigenvalue weighted by atomic mass is 16.6. The van der Waals surface area contributed by atoms with Crippen LogP contribution in [-0.4, -0.2) is 24.1 Å². The summed E-state index contributed by atoms with van der Waals surface area (Å²) in [6.07, 6.45) is -0.315. The molecule has 0 radical (unpaired) electrons. The second-order valence-electron chi connectivity index (χ2n) is 8.13. The third kappa shape index (κ3) is 6.03. The Morgan fingerprint density at radius 2 is 1.60 bits per heavy atom. The highest BCUT2D eigenvalue weighted by molar-refractivity contribution is 5.84. The monoisotopic (exact) mass is 416 g/mol. The highest BCUT2D eigenvalue weighted by Crippen LogP contribution is 2.44. The van der Waals surface area contributed by atoms with E-state index in [0.717, 1.165) is 22.3 Å². The lowest BCUT2D eigenvalue weighted by Crippen LogP contribution is -2.22. The van der Waals surface area contributed by atoms with E-state index in [2.05, 4.69) is 4.74 Å². The van der Waals surface area contributed by atoms with Crippen LogP contribution in [0.5, 0.6) is 0 Å². The molecule has 0 fully saturated rings. The van der Waals surface area contributed by atoms with Gasteiger partial charge in [-0.3, -0.25) is 14.9 Å². The van der Waals surface area contributed by atoms with Crippen LogP contribution in [0.1, 0.15) is 56.1 Å². The summed E-state index contributed by atoms with van der Waals surface area (Å²) in [5.74, 6) is 0. The Hall–Kier alpha value is -2.93. The van der Waals surface area contributed by atoms with Gasteiger partial charge in [-0.15, -0.1) is 0 Å². The average molecular weight is 417 g/mol. The van der Waals surface area contributed by atoms with Crippen molar-refractivity contribution in [1.82, 2.24) is 0 Å². The van der Waals surface area contributed by atoms with Crippen LogP contribution in [0.4, 0.5) is 11.4 Å². The lowest BCUT2D eigenvalue weighted by atomic mass is 9.86. The molecule has 7 nitrogen and oxygen atoms in total. The van der Waals surface area contributed by atoms with E-state index < -0.39 is 4.92 Å². The molecule has 2 N–H and O–H groups in total. The first-order valence-corrected chi connectivity index (χ1v) is 9.63. The van der Waals surface area contributed by atoms with Gasteiger partial charge in [-0.05, 0) is 70.7 Å². The summed E-state index contributed by atoms with van der Waals surface area (Å²) in [6, 6.07) is 8.10. The summed E-state index contributed by atoms with van der Waals surface area (Å²) in [5, 5.41) is 11.6. The standard InChI is InChI=1S/C21H28N2O3.C2H4O2/c1-12-8-10-16(11-9-12)18-13(2)19(22)20(23(24)25)14(3)17(18)15(4)26-21(5,6)7;1-4-2-3/h8-11,15H,22H2,1-7H3;2H,1H3. The topological polar surface area (TPSA) is 105 Å².